The molecule has 2 N–H and O–H groups in total. The zero-order valence-corrected chi connectivity index (χ0v) is 14.0. The summed E-state index contributed by atoms with van der Waals surface area (Å²) in [7, 11) is 0. The van der Waals surface area contributed by atoms with E-state index in [0.29, 0.717) is 17.1 Å². The Balaban J connectivity index is 0.00000192. The van der Waals surface area contributed by atoms with Crippen molar-refractivity contribution in [1.82, 2.24) is 20.4 Å². The van der Waals surface area contributed by atoms with E-state index in [1.165, 1.54) is 5.57 Å². The lowest BCUT2D eigenvalue weighted by molar-refractivity contribution is 0.0956. The highest BCUT2D eigenvalue weighted by atomic mass is 35.5. The molecule has 2 heterocycles. The molecule has 2 aromatic rings. The quantitative estimate of drug-likeness (QED) is 0.831. The van der Waals surface area contributed by atoms with Gasteiger partial charge in [0, 0.05) is 24.3 Å². The van der Waals surface area contributed by atoms with Gasteiger partial charge in [-0.05, 0) is 31.2 Å². The maximum absolute atomic E-state index is 12.2. The standard InChI is InChI=1S/C16H17ClN4O.ClH/c17-14-2-1-3-15(8-14)21-11-13(10-20-21)16(22)19-9-12-4-6-18-7-5-12;/h1-4,8,10-11,18H,5-7,9H2,(H,19,22);1H. The van der Waals surface area contributed by atoms with Crippen LogP contribution in [0.15, 0.2) is 48.3 Å². The smallest absolute Gasteiger partial charge is 0.254 e. The second-order valence-corrected chi connectivity index (χ2v) is 5.59. The highest BCUT2D eigenvalue weighted by Gasteiger charge is 2.11. The maximum Gasteiger partial charge on any atom is 0.254 e. The Morgan fingerprint density at radius 1 is 1.43 bits per heavy atom. The van der Waals surface area contributed by atoms with Gasteiger partial charge in [0.15, 0.2) is 0 Å². The number of nitrogens with one attached hydrogen (secondary N) is 2. The highest BCUT2D eigenvalue weighted by Crippen LogP contribution is 2.14. The molecule has 3 rings (SSSR count). The molecule has 1 aliphatic heterocycles. The second-order valence-electron chi connectivity index (χ2n) is 5.15. The summed E-state index contributed by atoms with van der Waals surface area (Å²) in [4.78, 5) is 12.2. The molecular weight excluding hydrogens is 335 g/mol. The van der Waals surface area contributed by atoms with Crippen molar-refractivity contribution in [2.45, 2.75) is 6.42 Å². The number of hydrogen-bond donors (Lipinski definition) is 2. The molecule has 122 valence electrons. The van der Waals surface area contributed by atoms with E-state index in [2.05, 4.69) is 21.8 Å². The van der Waals surface area contributed by atoms with Crippen LogP contribution < -0.4 is 10.6 Å². The van der Waals surface area contributed by atoms with Crippen LogP contribution in [0.25, 0.3) is 5.69 Å². The predicted molar refractivity (Wildman–Crippen MR) is 93.7 cm³/mol. The lowest BCUT2D eigenvalue weighted by atomic mass is 10.1. The van der Waals surface area contributed by atoms with Crippen molar-refractivity contribution in [3.8, 4) is 5.69 Å². The van der Waals surface area contributed by atoms with Crippen LogP contribution >= 0.6 is 24.0 Å². The van der Waals surface area contributed by atoms with Crippen molar-refractivity contribution in [2.75, 3.05) is 19.6 Å². The molecule has 0 spiro atoms. The van der Waals surface area contributed by atoms with Gasteiger partial charge in [0.1, 0.15) is 0 Å². The molecular formula is C16H18Cl2N4O. The van der Waals surface area contributed by atoms with Crippen molar-refractivity contribution >= 4 is 29.9 Å². The molecule has 1 aromatic heterocycles. The molecule has 23 heavy (non-hydrogen) atoms. The van der Waals surface area contributed by atoms with Gasteiger partial charge in [-0.3, -0.25) is 4.79 Å². The Bertz CT molecular complexity index is 712. The van der Waals surface area contributed by atoms with Crippen LogP contribution in [-0.4, -0.2) is 35.3 Å². The van der Waals surface area contributed by atoms with E-state index in [9.17, 15) is 4.79 Å². The number of hydrogen-bond acceptors (Lipinski definition) is 3. The fourth-order valence-electron chi connectivity index (χ4n) is 2.33. The summed E-state index contributed by atoms with van der Waals surface area (Å²) in [5.74, 6) is -0.118. The molecule has 7 heteroatoms. The molecule has 0 aliphatic carbocycles. The Kier molecular flexibility index (Phi) is 6.21. The number of nitrogens with zero attached hydrogens (tertiary/aromatic N) is 2. The van der Waals surface area contributed by atoms with Crippen LogP contribution in [0.3, 0.4) is 0 Å². The minimum Gasteiger partial charge on any atom is -0.348 e. The Labute approximate surface area is 146 Å². The normalized spacial score (nSPS) is 13.9. The Hall–Kier alpha value is -1.82. The van der Waals surface area contributed by atoms with E-state index in [4.69, 9.17) is 11.6 Å². The van der Waals surface area contributed by atoms with Crippen LogP contribution in [-0.2, 0) is 0 Å². The number of benzene rings is 1. The van der Waals surface area contributed by atoms with Crippen LogP contribution in [0.5, 0.6) is 0 Å². The summed E-state index contributed by atoms with van der Waals surface area (Å²) in [6, 6.07) is 7.34. The van der Waals surface area contributed by atoms with E-state index in [0.717, 1.165) is 25.2 Å². The predicted octanol–water partition coefficient (Wildman–Crippen LogP) is 2.60. The van der Waals surface area contributed by atoms with E-state index in [1.54, 1.807) is 29.2 Å². The van der Waals surface area contributed by atoms with Crippen molar-refractivity contribution in [3.63, 3.8) is 0 Å². The number of aromatic nitrogens is 2. The third-order valence-electron chi connectivity index (χ3n) is 3.55. The first kappa shape index (κ1) is 17.5. The minimum atomic E-state index is -0.118. The summed E-state index contributed by atoms with van der Waals surface area (Å²) in [5.41, 5.74) is 2.62. The first-order chi connectivity index (χ1) is 10.7. The fraction of sp³-hybridized carbons (Fsp3) is 0.250. The van der Waals surface area contributed by atoms with Gasteiger partial charge in [-0.1, -0.05) is 29.3 Å². The Morgan fingerprint density at radius 3 is 3.04 bits per heavy atom. The molecule has 0 saturated heterocycles. The molecule has 0 atom stereocenters. The van der Waals surface area contributed by atoms with Crippen LogP contribution in [0.4, 0.5) is 0 Å². The van der Waals surface area contributed by atoms with Crippen LogP contribution in [0, 0.1) is 0 Å². The second kappa shape index (κ2) is 8.15. The van der Waals surface area contributed by atoms with Gasteiger partial charge in [0.25, 0.3) is 5.91 Å². The number of carbonyl (C=O) groups is 1. The minimum absolute atomic E-state index is 0. The zero-order valence-electron chi connectivity index (χ0n) is 12.5. The first-order valence-electron chi connectivity index (χ1n) is 7.20. The SMILES string of the molecule is Cl.O=C(NCC1=CCNCC1)c1cnn(-c2cccc(Cl)c2)c1. The lowest BCUT2D eigenvalue weighted by Crippen LogP contribution is -2.29. The van der Waals surface area contributed by atoms with E-state index < -0.39 is 0 Å². The molecule has 5 nitrogen and oxygen atoms in total. The average molecular weight is 353 g/mol. The van der Waals surface area contributed by atoms with E-state index in [1.807, 2.05) is 12.1 Å². The molecule has 0 radical (unpaired) electrons. The lowest BCUT2D eigenvalue weighted by Gasteiger charge is -2.14. The van der Waals surface area contributed by atoms with Gasteiger partial charge in [-0.2, -0.15) is 5.10 Å². The molecule has 0 bridgehead atoms. The summed E-state index contributed by atoms with van der Waals surface area (Å²) >= 11 is 5.97. The molecule has 1 aliphatic rings. The molecule has 1 aromatic carbocycles. The Morgan fingerprint density at radius 2 is 2.30 bits per heavy atom. The van der Waals surface area contributed by atoms with Gasteiger partial charge in [-0.25, -0.2) is 4.68 Å². The van der Waals surface area contributed by atoms with Gasteiger partial charge in [-0.15, -0.1) is 12.4 Å². The number of carbonyl (C=O) groups excluding carboxylic acids is 1. The number of rotatable bonds is 4. The third kappa shape index (κ3) is 4.58. The van der Waals surface area contributed by atoms with Gasteiger partial charge >= 0.3 is 0 Å². The summed E-state index contributed by atoms with van der Waals surface area (Å²) in [6.45, 7) is 2.43. The monoisotopic (exact) mass is 352 g/mol. The zero-order chi connectivity index (χ0) is 15.4. The molecule has 0 saturated carbocycles. The number of halogens is 2. The van der Waals surface area contributed by atoms with Crippen LogP contribution in [0.1, 0.15) is 16.8 Å². The molecule has 0 fully saturated rings. The van der Waals surface area contributed by atoms with Gasteiger partial charge in [0.2, 0.25) is 0 Å². The first-order valence-corrected chi connectivity index (χ1v) is 7.57. The third-order valence-corrected chi connectivity index (χ3v) is 3.79. The van der Waals surface area contributed by atoms with Gasteiger partial charge in [0.05, 0.1) is 17.4 Å². The number of amides is 1. The fourth-order valence-corrected chi connectivity index (χ4v) is 2.51. The summed E-state index contributed by atoms with van der Waals surface area (Å²) in [5, 5.41) is 11.0. The van der Waals surface area contributed by atoms with Crippen molar-refractivity contribution < 1.29 is 4.79 Å². The van der Waals surface area contributed by atoms with E-state index >= 15 is 0 Å². The van der Waals surface area contributed by atoms with Gasteiger partial charge < -0.3 is 10.6 Å². The van der Waals surface area contributed by atoms with E-state index in [-0.39, 0.29) is 18.3 Å². The van der Waals surface area contributed by atoms with Crippen molar-refractivity contribution in [2.24, 2.45) is 0 Å². The van der Waals surface area contributed by atoms with Crippen molar-refractivity contribution in [1.29, 1.82) is 0 Å². The average Bonchev–Trinajstić information content (AvgIpc) is 3.04. The largest absolute Gasteiger partial charge is 0.348 e. The van der Waals surface area contributed by atoms with Crippen LogP contribution in [0.2, 0.25) is 5.02 Å². The summed E-state index contributed by atoms with van der Waals surface area (Å²) in [6.07, 6.45) is 6.37. The molecule has 0 unspecified atom stereocenters. The topological polar surface area (TPSA) is 59.0 Å². The summed E-state index contributed by atoms with van der Waals surface area (Å²) < 4.78 is 1.64. The van der Waals surface area contributed by atoms with Crippen molar-refractivity contribution in [3.05, 3.63) is 58.9 Å². The highest BCUT2D eigenvalue weighted by molar-refractivity contribution is 6.30. The molecule has 1 amide bonds. The maximum atomic E-state index is 12.2.